The molecule has 0 unspecified atom stereocenters. The summed E-state index contributed by atoms with van der Waals surface area (Å²) in [6.45, 7) is 6.00. The molecule has 10 heteroatoms. The molecule has 1 aromatic carbocycles. The van der Waals surface area contributed by atoms with E-state index < -0.39 is 17.2 Å². The Balaban J connectivity index is 1.83. The number of rotatable bonds is 8. The number of unbranched alkanes of at least 4 members (excludes halogenated alkanes) is 1. The highest BCUT2D eigenvalue weighted by atomic mass is 16.3. The topological polar surface area (TPSA) is 132 Å². The molecule has 0 saturated heterocycles. The maximum absolute atomic E-state index is 13.9. The molecule has 0 atom stereocenters. The van der Waals surface area contributed by atoms with Crippen molar-refractivity contribution in [2.45, 2.75) is 46.7 Å². The number of benzene rings is 1. The van der Waals surface area contributed by atoms with Gasteiger partial charge in [-0.3, -0.25) is 24.0 Å². The van der Waals surface area contributed by atoms with Crippen LogP contribution in [0.5, 0.6) is 0 Å². The van der Waals surface area contributed by atoms with Crippen LogP contribution in [0.2, 0.25) is 0 Å². The largest absolute Gasteiger partial charge is 0.467 e. The lowest BCUT2D eigenvalue weighted by Crippen LogP contribution is -2.41. The first-order chi connectivity index (χ1) is 16.8. The number of nitrogen functional groups attached to an aromatic ring is 1. The number of aromatic amines is 1. The monoisotopic (exact) mass is 476 g/mol. The van der Waals surface area contributed by atoms with Gasteiger partial charge < -0.3 is 10.2 Å². The Morgan fingerprint density at radius 1 is 1.20 bits per heavy atom. The Hall–Kier alpha value is -4.34. The van der Waals surface area contributed by atoms with Crippen molar-refractivity contribution in [2.75, 3.05) is 10.6 Å². The molecule has 0 bridgehead atoms. The van der Waals surface area contributed by atoms with Gasteiger partial charge in [-0.25, -0.2) is 9.48 Å². The van der Waals surface area contributed by atoms with Crippen LogP contribution < -0.4 is 21.9 Å². The molecule has 182 valence electrons. The Labute approximate surface area is 201 Å². The summed E-state index contributed by atoms with van der Waals surface area (Å²) in [5.74, 6) is -0.112. The number of nitrogens with one attached hydrogen (secondary N) is 1. The van der Waals surface area contributed by atoms with Gasteiger partial charge in [0.2, 0.25) is 0 Å². The molecule has 3 N–H and O–H groups in total. The van der Waals surface area contributed by atoms with E-state index in [0.29, 0.717) is 30.0 Å². The number of carbonyl (C=O) groups excluding carboxylic acids is 1. The zero-order valence-electron chi connectivity index (χ0n) is 19.9. The average molecular weight is 477 g/mol. The first-order valence-corrected chi connectivity index (χ1v) is 11.4. The minimum absolute atomic E-state index is 0.0554. The van der Waals surface area contributed by atoms with Crippen LogP contribution in [0, 0.1) is 13.8 Å². The predicted octanol–water partition coefficient (Wildman–Crippen LogP) is 3.16. The van der Waals surface area contributed by atoms with Gasteiger partial charge in [0, 0.05) is 6.54 Å². The van der Waals surface area contributed by atoms with Gasteiger partial charge in [0.15, 0.2) is 5.69 Å². The first-order valence-electron chi connectivity index (χ1n) is 11.4. The zero-order valence-corrected chi connectivity index (χ0v) is 19.9. The van der Waals surface area contributed by atoms with Gasteiger partial charge in [-0.15, -0.1) is 0 Å². The van der Waals surface area contributed by atoms with E-state index in [4.69, 9.17) is 10.2 Å². The SMILES string of the molecule is CCCCn1c(N)c(N(Cc2ccco2)C(=O)c2cnn(-c3cccc(C)c3)c2C)c(=O)[nH]c1=O. The molecule has 4 rings (SSSR count). The van der Waals surface area contributed by atoms with E-state index in [0.717, 1.165) is 17.7 Å². The number of nitrogens with zero attached hydrogens (tertiary/aromatic N) is 4. The van der Waals surface area contributed by atoms with E-state index >= 15 is 0 Å². The number of carbonyl (C=O) groups is 1. The van der Waals surface area contributed by atoms with E-state index in [-0.39, 0.29) is 18.1 Å². The van der Waals surface area contributed by atoms with Crippen molar-refractivity contribution >= 4 is 17.4 Å². The molecule has 0 spiro atoms. The van der Waals surface area contributed by atoms with Crippen LogP contribution >= 0.6 is 0 Å². The fourth-order valence-electron chi connectivity index (χ4n) is 3.97. The summed E-state index contributed by atoms with van der Waals surface area (Å²) < 4.78 is 8.40. The molecule has 3 heterocycles. The van der Waals surface area contributed by atoms with Crippen LogP contribution in [0.15, 0.2) is 62.9 Å². The van der Waals surface area contributed by atoms with Crippen molar-refractivity contribution in [1.29, 1.82) is 0 Å². The number of nitrogens with two attached hydrogens (primary N) is 1. The molecule has 3 aromatic heterocycles. The van der Waals surface area contributed by atoms with E-state index in [1.165, 1.54) is 21.9 Å². The number of anilines is 2. The number of hydrogen-bond acceptors (Lipinski definition) is 6. The van der Waals surface area contributed by atoms with Crippen LogP contribution in [0.25, 0.3) is 5.69 Å². The maximum atomic E-state index is 13.9. The average Bonchev–Trinajstić information content (AvgIpc) is 3.47. The number of aryl methyl sites for hydroxylation is 1. The fourth-order valence-corrected chi connectivity index (χ4v) is 3.97. The molecule has 10 nitrogen and oxygen atoms in total. The highest BCUT2D eigenvalue weighted by Crippen LogP contribution is 2.24. The van der Waals surface area contributed by atoms with Crippen molar-refractivity contribution in [3.8, 4) is 5.69 Å². The summed E-state index contributed by atoms with van der Waals surface area (Å²) in [5, 5.41) is 4.41. The summed E-state index contributed by atoms with van der Waals surface area (Å²) in [6, 6.07) is 11.1. The quantitative estimate of drug-likeness (QED) is 0.401. The Morgan fingerprint density at radius 2 is 2.00 bits per heavy atom. The molecule has 0 fully saturated rings. The molecular weight excluding hydrogens is 448 g/mol. The van der Waals surface area contributed by atoms with Crippen LogP contribution in [0.3, 0.4) is 0 Å². The Kier molecular flexibility index (Phi) is 6.72. The molecule has 0 aliphatic heterocycles. The third kappa shape index (κ3) is 4.68. The standard InChI is InChI=1S/C25H28N6O4/c1-4-5-11-29-22(26)21(23(32)28-25(29)34)30(15-19-10-7-12-35-19)24(33)20-14-27-31(17(20)3)18-9-6-8-16(2)13-18/h6-10,12-14H,4-5,11,15,26H2,1-3H3,(H,28,32,34). The Morgan fingerprint density at radius 3 is 2.69 bits per heavy atom. The number of amides is 1. The van der Waals surface area contributed by atoms with Crippen molar-refractivity contribution in [2.24, 2.45) is 0 Å². The van der Waals surface area contributed by atoms with Gasteiger partial charge in [0.1, 0.15) is 11.6 Å². The van der Waals surface area contributed by atoms with Gasteiger partial charge in [-0.2, -0.15) is 5.10 Å². The number of aromatic nitrogens is 4. The third-order valence-electron chi connectivity index (χ3n) is 5.84. The smallest absolute Gasteiger partial charge is 0.330 e. The van der Waals surface area contributed by atoms with Gasteiger partial charge in [0.25, 0.3) is 11.5 Å². The summed E-state index contributed by atoms with van der Waals surface area (Å²) in [7, 11) is 0. The molecule has 35 heavy (non-hydrogen) atoms. The van der Waals surface area contributed by atoms with E-state index in [1.54, 1.807) is 23.7 Å². The van der Waals surface area contributed by atoms with Crippen molar-refractivity contribution in [3.63, 3.8) is 0 Å². The highest BCUT2D eigenvalue weighted by molar-refractivity contribution is 6.07. The van der Waals surface area contributed by atoms with Gasteiger partial charge in [0.05, 0.1) is 35.9 Å². The molecular formula is C25H28N6O4. The number of H-pyrrole nitrogens is 1. The Bertz CT molecular complexity index is 1460. The number of furan rings is 1. The summed E-state index contributed by atoms with van der Waals surface area (Å²) >= 11 is 0. The van der Waals surface area contributed by atoms with Gasteiger partial charge in [-0.1, -0.05) is 25.5 Å². The van der Waals surface area contributed by atoms with E-state index in [9.17, 15) is 14.4 Å². The lowest BCUT2D eigenvalue weighted by Gasteiger charge is -2.23. The second-order valence-corrected chi connectivity index (χ2v) is 8.36. The fraction of sp³-hybridized carbons (Fsp3) is 0.280. The second-order valence-electron chi connectivity index (χ2n) is 8.36. The summed E-state index contributed by atoms with van der Waals surface area (Å²) in [4.78, 5) is 42.8. The highest BCUT2D eigenvalue weighted by Gasteiger charge is 2.29. The zero-order chi connectivity index (χ0) is 25.1. The molecule has 4 aromatic rings. The minimum Gasteiger partial charge on any atom is -0.467 e. The summed E-state index contributed by atoms with van der Waals surface area (Å²) in [5.41, 5.74) is 7.61. The van der Waals surface area contributed by atoms with Gasteiger partial charge >= 0.3 is 5.69 Å². The lowest BCUT2D eigenvalue weighted by molar-refractivity contribution is 0.0982. The molecule has 0 saturated carbocycles. The molecule has 0 aliphatic carbocycles. The predicted molar refractivity (Wildman–Crippen MR) is 133 cm³/mol. The van der Waals surface area contributed by atoms with Crippen molar-refractivity contribution in [3.05, 3.63) is 92.3 Å². The van der Waals surface area contributed by atoms with Crippen molar-refractivity contribution < 1.29 is 9.21 Å². The number of hydrogen-bond donors (Lipinski definition) is 2. The van der Waals surface area contributed by atoms with Crippen molar-refractivity contribution in [1.82, 2.24) is 19.3 Å². The maximum Gasteiger partial charge on any atom is 0.330 e. The normalized spacial score (nSPS) is 11.1. The second kappa shape index (κ2) is 9.88. The lowest BCUT2D eigenvalue weighted by atomic mass is 10.2. The molecule has 0 aliphatic rings. The molecule has 1 amide bonds. The molecule has 0 radical (unpaired) electrons. The van der Waals surface area contributed by atoms with E-state index in [1.807, 2.05) is 38.1 Å². The summed E-state index contributed by atoms with van der Waals surface area (Å²) in [6.07, 6.45) is 4.46. The van der Waals surface area contributed by atoms with Gasteiger partial charge in [-0.05, 0) is 50.1 Å². The van der Waals surface area contributed by atoms with Crippen LogP contribution in [0.4, 0.5) is 11.5 Å². The van der Waals surface area contributed by atoms with Crippen LogP contribution in [0.1, 0.15) is 47.1 Å². The van der Waals surface area contributed by atoms with E-state index in [2.05, 4.69) is 10.1 Å². The third-order valence-corrected chi connectivity index (χ3v) is 5.84. The first kappa shape index (κ1) is 23.8. The van der Waals surface area contributed by atoms with Crippen LogP contribution in [-0.2, 0) is 13.1 Å². The minimum atomic E-state index is -0.746. The van der Waals surface area contributed by atoms with Crippen LogP contribution in [-0.4, -0.2) is 25.2 Å².